The van der Waals surface area contributed by atoms with E-state index < -0.39 is 0 Å². The number of nitrogens with zero attached hydrogens (tertiary/aromatic N) is 2. The van der Waals surface area contributed by atoms with Gasteiger partial charge in [0.15, 0.2) is 0 Å². The lowest BCUT2D eigenvalue weighted by atomic mass is 10.2. The van der Waals surface area contributed by atoms with E-state index in [1.807, 2.05) is 30.3 Å². The number of hydrogen-bond donors (Lipinski definition) is 2. The molecule has 2 aromatic carbocycles. The van der Waals surface area contributed by atoms with Crippen LogP contribution in [0.3, 0.4) is 0 Å². The van der Waals surface area contributed by atoms with Gasteiger partial charge in [0.1, 0.15) is 16.7 Å². The highest BCUT2D eigenvalue weighted by Gasteiger charge is 2.05. The van der Waals surface area contributed by atoms with Gasteiger partial charge < -0.3 is 10.6 Å². The van der Waals surface area contributed by atoms with Gasteiger partial charge >= 0.3 is 0 Å². The first-order valence-corrected chi connectivity index (χ1v) is 8.97. The Morgan fingerprint density at radius 3 is 2.42 bits per heavy atom. The molecule has 0 aliphatic rings. The molecule has 1 heterocycles. The summed E-state index contributed by atoms with van der Waals surface area (Å²) in [5.41, 5.74) is 1.72. The zero-order chi connectivity index (χ0) is 18.2. The lowest BCUT2D eigenvalue weighted by molar-refractivity contribution is -0.113. The standard InChI is InChI=1S/C19H17FN4OS/c20-15-8-6-14(7-9-15)12-21-17-10-11-19(24-23-17)26-13-18(25)22-16-4-2-1-3-5-16/h1-11H,12-13H2,(H,21,23)(H,22,25). The molecular weight excluding hydrogens is 351 g/mol. The summed E-state index contributed by atoms with van der Waals surface area (Å²) in [7, 11) is 0. The van der Waals surface area contributed by atoms with E-state index in [0.717, 1.165) is 11.3 Å². The Morgan fingerprint density at radius 1 is 0.962 bits per heavy atom. The first kappa shape index (κ1) is 17.9. The Morgan fingerprint density at radius 2 is 1.73 bits per heavy atom. The van der Waals surface area contributed by atoms with Crippen molar-refractivity contribution in [3.63, 3.8) is 0 Å². The fourth-order valence-corrected chi connectivity index (χ4v) is 2.76. The number of anilines is 2. The number of aromatic nitrogens is 2. The molecule has 7 heteroatoms. The lowest BCUT2D eigenvalue weighted by Crippen LogP contribution is -2.14. The van der Waals surface area contributed by atoms with Crippen LogP contribution >= 0.6 is 11.8 Å². The predicted octanol–water partition coefficient (Wildman–Crippen LogP) is 3.96. The van der Waals surface area contributed by atoms with Crippen LogP contribution in [0.1, 0.15) is 5.56 Å². The summed E-state index contributed by atoms with van der Waals surface area (Å²) in [6, 6.07) is 19.2. The summed E-state index contributed by atoms with van der Waals surface area (Å²) in [5, 5.41) is 14.8. The normalized spacial score (nSPS) is 10.3. The van der Waals surface area contributed by atoms with E-state index in [2.05, 4.69) is 20.8 Å². The largest absolute Gasteiger partial charge is 0.365 e. The summed E-state index contributed by atoms with van der Waals surface area (Å²) in [4.78, 5) is 11.9. The number of thioether (sulfide) groups is 1. The van der Waals surface area contributed by atoms with Crippen molar-refractivity contribution in [2.75, 3.05) is 16.4 Å². The number of amides is 1. The maximum absolute atomic E-state index is 12.9. The van der Waals surface area contributed by atoms with E-state index >= 15 is 0 Å². The molecule has 0 bridgehead atoms. The highest BCUT2D eigenvalue weighted by atomic mass is 32.2. The minimum absolute atomic E-state index is 0.0958. The molecule has 2 N–H and O–H groups in total. The topological polar surface area (TPSA) is 66.9 Å². The average Bonchev–Trinajstić information content (AvgIpc) is 2.67. The Balaban J connectivity index is 1.45. The number of carbonyl (C=O) groups is 1. The maximum Gasteiger partial charge on any atom is 0.234 e. The Kier molecular flexibility index (Phi) is 6.16. The maximum atomic E-state index is 12.9. The van der Waals surface area contributed by atoms with Gasteiger partial charge in [0, 0.05) is 12.2 Å². The van der Waals surface area contributed by atoms with Crippen LogP contribution in [0.25, 0.3) is 0 Å². The Labute approximate surface area is 155 Å². The molecular formula is C19H17FN4OS. The minimum atomic E-state index is -0.258. The van der Waals surface area contributed by atoms with Crippen molar-refractivity contribution in [3.05, 3.63) is 78.1 Å². The van der Waals surface area contributed by atoms with Gasteiger partial charge in [0.2, 0.25) is 5.91 Å². The van der Waals surface area contributed by atoms with E-state index in [1.54, 1.807) is 24.3 Å². The number of rotatable bonds is 7. The van der Waals surface area contributed by atoms with Crippen molar-refractivity contribution in [2.24, 2.45) is 0 Å². The van der Waals surface area contributed by atoms with E-state index in [-0.39, 0.29) is 17.5 Å². The monoisotopic (exact) mass is 368 g/mol. The lowest BCUT2D eigenvalue weighted by Gasteiger charge is -2.06. The van der Waals surface area contributed by atoms with Crippen LogP contribution in [0.5, 0.6) is 0 Å². The second-order valence-corrected chi connectivity index (χ2v) is 6.44. The molecule has 0 radical (unpaired) electrons. The summed E-state index contributed by atoms with van der Waals surface area (Å²) < 4.78 is 12.9. The van der Waals surface area contributed by atoms with Crippen molar-refractivity contribution < 1.29 is 9.18 Å². The molecule has 0 aliphatic heterocycles. The predicted molar refractivity (Wildman–Crippen MR) is 102 cm³/mol. The van der Waals surface area contributed by atoms with Gasteiger partial charge in [-0.1, -0.05) is 42.1 Å². The Bertz CT molecular complexity index is 842. The molecule has 0 saturated heterocycles. The number of benzene rings is 2. The van der Waals surface area contributed by atoms with Crippen LogP contribution in [0.15, 0.2) is 71.8 Å². The first-order valence-electron chi connectivity index (χ1n) is 7.99. The van der Waals surface area contributed by atoms with Crippen molar-refractivity contribution >= 4 is 29.2 Å². The van der Waals surface area contributed by atoms with Gasteiger partial charge in [-0.2, -0.15) is 0 Å². The molecule has 0 atom stereocenters. The molecule has 3 aromatic rings. The van der Waals surface area contributed by atoms with Crippen molar-refractivity contribution in [3.8, 4) is 0 Å². The highest BCUT2D eigenvalue weighted by Crippen LogP contribution is 2.16. The van der Waals surface area contributed by atoms with E-state index in [0.29, 0.717) is 17.4 Å². The second kappa shape index (κ2) is 8.96. The van der Waals surface area contributed by atoms with Gasteiger partial charge in [0.25, 0.3) is 0 Å². The van der Waals surface area contributed by atoms with Gasteiger partial charge in [-0.25, -0.2) is 4.39 Å². The number of halogens is 1. The summed E-state index contributed by atoms with van der Waals surface area (Å²) >= 11 is 1.32. The van der Waals surface area contributed by atoms with Crippen LogP contribution in [-0.2, 0) is 11.3 Å². The van der Waals surface area contributed by atoms with Crippen LogP contribution in [0.2, 0.25) is 0 Å². The van der Waals surface area contributed by atoms with Crippen LogP contribution < -0.4 is 10.6 Å². The van der Waals surface area contributed by atoms with Gasteiger partial charge in [0.05, 0.1) is 5.75 Å². The zero-order valence-electron chi connectivity index (χ0n) is 13.9. The van der Waals surface area contributed by atoms with E-state index in [4.69, 9.17) is 0 Å². The number of carbonyl (C=O) groups excluding carboxylic acids is 1. The smallest absolute Gasteiger partial charge is 0.234 e. The molecule has 0 unspecified atom stereocenters. The molecule has 1 amide bonds. The fourth-order valence-electron chi connectivity index (χ4n) is 2.14. The first-order chi connectivity index (χ1) is 12.7. The molecule has 132 valence electrons. The minimum Gasteiger partial charge on any atom is -0.365 e. The molecule has 0 aliphatic carbocycles. The molecule has 0 spiro atoms. The van der Waals surface area contributed by atoms with Crippen molar-refractivity contribution in [1.29, 1.82) is 0 Å². The fraction of sp³-hybridized carbons (Fsp3) is 0.105. The molecule has 1 aromatic heterocycles. The van der Waals surface area contributed by atoms with E-state index in [9.17, 15) is 9.18 Å². The van der Waals surface area contributed by atoms with E-state index in [1.165, 1.54) is 23.9 Å². The Hall–Kier alpha value is -2.93. The number of hydrogen-bond acceptors (Lipinski definition) is 5. The third-order valence-corrected chi connectivity index (χ3v) is 4.36. The highest BCUT2D eigenvalue weighted by molar-refractivity contribution is 7.99. The summed E-state index contributed by atoms with van der Waals surface area (Å²) in [5.74, 6) is 0.520. The summed E-state index contributed by atoms with van der Waals surface area (Å²) in [6.45, 7) is 0.529. The third-order valence-electron chi connectivity index (χ3n) is 3.44. The molecule has 0 fully saturated rings. The summed E-state index contributed by atoms with van der Waals surface area (Å²) in [6.07, 6.45) is 0. The van der Waals surface area contributed by atoms with Gasteiger partial charge in [-0.3, -0.25) is 4.79 Å². The quantitative estimate of drug-likeness (QED) is 0.618. The zero-order valence-corrected chi connectivity index (χ0v) is 14.7. The van der Waals surface area contributed by atoms with Gasteiger partial charge in [-0.05, 0) is 42.0 Å². The van der Waals surface area contributed by atoms with Crippen LogP contribution in [0, 0.1) is 5.82 Å². The molecule has 5 nitrogen and oxygen atoms in total. The number of nitrogens with one attached hydrogen (secondary N) is 2. The third kappa shape index (κ3) is 5.56. The number of para-hydroxylation sites is 1. The van der Waals surface area contributed by atoms with Crippen LogP contribution in [-0.4, -0.2) is 21.9 Å². The van der Waals surface area contributed by atoms with Crippen LogP contribution in [0.4, 0.5) is 15.9 Å². The second-order valence-electron chi connectivity index (χ2n) is 5.44. The van der Waals surface area contributed by atoms with Gasteiger partial charge in [-0.15, -0.1) is 10.2 Å². The molecule has 3 rings (SSSR count). The van der Waals surface area contributed by atoms with Crippen molar-refractivity contribution in [1.82, 2.24) is 10.2 Å². The average molecular weight is 368 g/mol. The SMILES string of the molecule is O=C(CSc1ccc(NCc2ccc(F)cc2)nn1)Nc1ccccc1. The van der Waals surface area contributed by atoms with Crippen molar-refractivity contribution in [2.45, 2.75) is 11.6 Å². The molecule has 26 heavy (non-hydrogen) atoms. The molecule has 0 saturated carbocycles.